The van der Waals surface area contributed by atoms with Crippen molar-refractivity contribution in [1.82, 2.24) is 10.3 Å². The Bertz CT molecular complexity index is 1270. The predicted octanol–water partition coefficient (Wildman–Crippen LogP) is 4.07. The number of benzene rings is 2. The van der Waals surface area contributed by atoms with Crippen molar-refractivity contribution in [3.63, 3.8) is 0 Å². The van der Waals surface area contributed by atoms with Crippen molar-refractivity contribution in [1.29, 1.82) is 0 Å². The lowest BCUT2D eigenvalue weighted by atomic mass is 10.1. The number of amides is 1. The van der Waals surface area contributed by atoms with E-state index in [1.54, 1.807) is 11.1 Å². The van der Waals surface area contributed by atoms with Gasteiger partial charge in [0.1, 0.15) is 12.3 Å². The second kappa shape index (κ2) is 10.3. The van der Waals surface area contributed by atoms with Gasteiger partial charge >= 0.3 is 0 Å². The van der Waals surface area contributed by atoms with Crippen LogP contribution in [0.2, 0.25) is 0 Å². The van der Waals surface area contributed by atoms with Crippen molar-refractivity contribution in [2.24, 2.45) is 10.1 Å². The number of amidine groups is 1. The highest BCUT2D eigenvalue weighted by molar-refractivity contribution is 9.10. The summed E-state index contributed by atoms with van der Waals surface area (Å²) in [4.78, 5) is 18.1. The summed E-state index contributed by atoms with van der Waals surface area (Å²) in [6, 6.07) is 9.50. The number of rotatable bonds is 7. The van der Waals surface area contributed by atoms with E-state index in [0.29, 0.717) is 40.9 Å². The molecule has 172 valence electrons. The van der Waals surface area contributed by atoms with E-state index >= 15 is 0 Å². The molecule has 0 radical (unpaired) electrons. The number of hydrogen-bond acceptors (Lipinski definition) is 7. The Labute approximate surface area is 212 Å². The van der Waals surface area contributed by atoms with Gasteiger partial charge in [-0.1, -0.05) is 47.3 Å². The maximum absolute atomic E-state index is 13.2. The molecule has 33 heavy (non-hydrogen) atoms. The first kappa shape index (κ1) is 23.8. The van der Waals surface area contributed by atoms with E-state index in [-0.39, 0.29) is 5.91 Å². The third-order valence-corrected chi connectivity index (χ3v) is 6.65. The summed E-state index contributed by atoms with van der Waals surface area (Å²) in [5, 5.41) is 11.3. The van der Waals surface area contributed by atoms with Crippen LogP contribution in [0.15, 0.2) is 62.0 Å². The Hall–Kier alpha value is -2.30. The summed E-state index contributed by atoms with van der Waals surface area (Å²) in [6.45, 7) is 8.45. The quantitative estimate of drug-likeness (QED) is 0.490. The summed E-state index contributed by atoms with van der Waals surface area (Å²) < 4.78 is 13.3. The standard InChI is InChI=1S/C23H22Br2N4O3S/c1-4-9-32-20-16(25)10-13(11-18(20)31-5-2)21-26-17-8-7-14(24)12-15(17)19-22(30)27-23(33-6-3)28-29(19)21/h4,7-8,10-12,21H,1,5-6,9H2,2-3H3,(H,27,28,30)/t21-/m1/s1. The molecule has 0 fully saturated rings. The lowest BCUT2D eigenvalue weighted by Gasteiger charge is -2.34. The fourth-order valence-electron chi connectivity index (χ4n) is 3.55. The number of carbonyl (C=O) groups excluding carboxylic acids is 1. The lowest BCUT2D eigenvalue weighted by molar-refractivity contribution is -0.116. The molecule has 2 aromatic rings. The van der Waals surface area contributed by atoms with Crippen LogP contribution in [0.1, 0.15) is 25.6 Å². The minimum absolute atomic E-state index is 0.213. The van der Waals surface area contributed by atoms with Crippen LogP contribution < -0.4 is 25.4 Å². The van der Waals surface area contributed by atoms with E-state index in [0.717, 1.165) is 25.5 Å². The van der Waals surface area contributed by atoms with Gasteiger partial charge in [-0.15, -0.1) is 5.10 Å². The van der Waals surface area contributed by atoms with Crippen LogP contribution in [-0.2, 0) is 4.79 Å². The Balaban J connectivity index is 1.91. The average Bonchev–Trinajstić information content (AvgIpc) is 2.78. The zero-order valence-electron chi connectivity index (χ0n) is 18.1. The molecule has 0 aromatic heterocycles. The molecule has 2 aliphatic rings. The zero-order chi connectivity index (χ0) is 23.5. The lowest BCUT2D eigenvalue weighted by Crippen LogP contribution is -2.50. The summed E-state index contributed by atoms with van der Waals surface area (Å²) in [6.07, 6.45) is 1.12. The van der Waals surface area contributed by atoms with Gasteiger partial charge in [0, 0.05) is 15.3 Å². The number of ether oxygens (including phenoxy) is 2. The van der Waals surface area contributed by atoms with E-state index in [9.17, 15) is 4.79 Å². The Morgan fingerprint density at radius 3 is 2.79 bits per heavy atom. The minimum atomic E-state index is -0.559. The number of fused-ring (bicyclic) bond motifs is 2. The number of hydrogen-bond donors (Lipinski definition) is 1. The van der Waals surface area contributed by atoms with Crippen molar-refractivity contribution < 1.29 is 14.3 Å². The van der Waals surface area contributed by atoms with E-state index in [2.05, 4.69) is 43.8 Å². The predicted molar refractivity (Wildman–Crippen MR) is 138 cm³/mol. The fourth-order valence-corrected chi connectivity index (χ4v) is 5.07. The molecular weight excluding hydrogens is 572 g/mol. The molecule has 1 atom stereocenters. The molecule has 1 N–H and O–H groups in total. The number of nitrogens with zero attached hydrogens (tertiary/aromatic N) is 3. The van der Waals surface area contributed by atoms with Crippen molar-refractivity contribution in [2.45, 2.75) is 20.0 Å². The number of carbonyl (C=O) groups is 1. The van der Waals surface area contributed by atoms with E-state index < -0.39 is 6.17 Å². The summed E-state index contributed by atoms with van der Waals surface area (Å²) in [7, 11) is 0. The fraction of sp³-hybridized carbons (Fsp3) is 0.261. The molecule has 0 bridgehead atoms. The molecule has 2 aliphatic heterocycles. The molecule has 2 heterocycles. The van der Waals surface area contributed by atoms with E-state index in [1.165, 1.54) is 11.8 Å². The number of hydrazone groups is 1. The minimum Gasteiger partial charge on any atom is -0.490 e. The summed E-state index contributed by atoms with van der Waals surface area (Å²) >= 11 is 8.58. The SMILES string of the molecule is C=CCOc1c(Br)cc([C@@H]2N=c3ccc(Br)cc3=C3C(=O)NC(SCC)=NN32)cc1OCC. The van der Waals surface area contributed by atoms with Crippen molar-refractivity contribution in [3.8, 4) is 11.5 Å². The van der Waals surface area contributed by atoms with Crippen LogP contribution in [0.5, 0.6) is 11.5 Å². The molecule has 0 saturated heterocycles. The smallest absolute Gasteiger partial charge is 0.276 e. The first-order valence-electron chi connectivity index (χ1n) is 10.4. The monoisotopic (exact) mass is 592 g/mol. The third-order valence-electron chi connectivity index (χ3n) is 4.83. The van der Waals surface area contributed by atoms with Gasteiger partial charge in [-0.25, -0.2) is 5.01 Å². The Kier molecular flexibility index (Phi) is 7.45. The second-order valence-electron chi connectivity index (χ2n) is 7.01. The largest absolute Gasteiger partial charge is 0.490 e. The van der Waals surface area contributed by atoms with Gasteiger partial charge in [0.05, 0.1) is 16.4 Å². The zero-order valence-corrected chi connectivity index (χ0v) is 22.1. The molecule has 0 spiro atoms. The first-order valence-corrected chi connectivity index (χ1v) is 12.9. The summed E-state index contributed by atoms with van der Waals surface area (Å²) in [5.74, 6) is 1.74. The molecule has 1 amide bonds. The molecule has 0 unspecified atom stereocenters. The highest BCUT2D eigenvalue weighted by Crippen LogP contribution is 2.41. The molecule has 2 aromatic carbocycles. The first-order chi connectivity index (χ1) is 16.0. The number of nitrogens with one attached hydrogen (secondary N) is 1. The summed E-state index contributed by atoms with van der Waals surface area (Å²) in [5.41, 5.74) is 1.26. The average molecular weight is 594 g/mol. The van der Waals surface area contributed by atoms with Gasteiger partial charge in [0.25, 0.3) is 5.91 Å². The normalized spacial score (nSPS) is 16.8. The van der Waals surface area contributed by atoms with Gasteiger partial charge in [0.15, 0.2) is 22.8 Å². The molecular formula is C23H22Br2N4O3S. The van der Waals surface area contributed by atoms with Gasteiger partial charge in [0.2, 0.25) is 0 Å². The number of halogens is 2. The highest BCUT2D eigenvalue weighted by Gasteiger charge is 2.35. The number of thioether (sulfide) groups is 1. The van der Waals surface area contributed by atoms with Gasteiger partial charge in [-0.2, -0.15) is 0 Å². The van der Waals surface area contributed by atoms with Crippen LogP contribution in [0.4, 0.5) is 0 Å². The molecule has 10 heteroatoms. The van der Waals surface area contributed by atoms with Gasteiger partial charge in [-0.05, 0) is 58.9 Å². The Morgan fingerprint density at radius 2 is 2.06 bits per heavy atom. The van der Waals surface area contributed by atoms with Crippen LogP contribution in [0, 0.1) is 0 Å². The maximum Gasteiger partial charge on any atom is 0.276 e. The van der Waals surface area contributed by atoms with Crippen molar-refractivity contribution in [3.05, 3.63) is 68.1 Å². The molecule has 0 aliphatic carbocycles. The maximum atomic E-state index is 13.2. The molecule has 4 rings (SSSR count). The third kappa shape index (κ3) is 4.83. The highest BCUT2D eigenvalue weighted by atomic mass is 79.9. The van der Waals surface area contributed by atoms with Crippen molar-refractivity contribution >= 4 is 60.4 Å². The molecule has 7 nitrogen and oxygen atoms in total. The van der Waals surface area contributed by atoms with Crippen LogP contribution in [-0.4, -0.2) is 35.1 Å². The van der Waals surface area contributed by atoms with Crippen LogP contribution in [0.25, 0.3) is 5.70 Å². The molecule has 0 saturated carbocycles. The van der Waals surface area contributed by atoms with Gasteiger partial charge < -0.3 is 9.47 Å². The van der Waals surface area contributed by atoms with E-state index in [4.69, 9.17) is 19.6 Å². The van der Waals surface area contributed by atoms with Crippen molar-refractivity contribution in [2.75, 3.05) is 19.0 Å². The van der Waals surface area contributed by atoms with Crippen LogP contribution in [0.3, 0.4) is 0 Å². The van der Waals surface area contributed by atoms with Crippen LogP contribution >= 0.6 is 43.6 Å². The second-order valence-corrected chi connectivity index (χ2v) is 10.0. The van der Waals surface area contributed by atoms with E-state index in [1.807, 2.05) is 44.2 Å². The van der Waals surface area contributed by atoms with Gasteiger partial charge in [-0.3, -0.25) is 15.1 Å². The topological polar surface area (TPSA) is 75.5 Å². The Morgan fingerprint density at radius 1 is 1.24 bits per heavy atom.